The number of anilines is 1. The average Bonchev–Trinajstić information content (AvgIpc) is 2.84. The van der Waals surface area contributed by atoms with Gasteiger partial charge in [0.15, 0.2) is 5.13 Å². The van der Waals surface area contributed by atoms with E-state index in [1.54, 1.807) is 0 Å². The Balaban J connectivity index is 2.08. The van der Waals surface area contributed by atoms with Gasteiger partial charge in [0.25, 0.3) is 0 Å². The fourth-order valence-electron chi connectivity index (χ4n) is 2.58. The lowest BCUT2D eigenvalue weighted by Gasteiger charge is -2.37. The van der Waals surface area contributed by atoms with E-state index < -0.39 is 0 Å². The minimum absolute atomic E-state index is 0.580. The van der Waals surface area contributed by atoms with Crippen molar-refractivity contribution in [3.63, 3.8) is 0 Å². The highest BCUT2D eigenvalue weighted by Gasteiger charge is 2.28. The van der Waals surface area contributed by atoms with Gasteiger partial charge < -0.3 is 10.2 Å². The van der Waals surface area contributed by atoms with Crippen LogP contribution < -0.4 is 10.2 Å². The molecule has 5 heteroatoms. The molecule has 0 saturated carbocycles. The molecule has 0 bridgehead atoms. The van der Waals surface area contributed by atoms with Gasteiger partial charge in [-0.3, -0.25) is 0 Å². The molecule has 1 aromatic heterocycles. The molecule has 1 aliphatic rings. The highest BCUT2D eigenvalue weighted by Crippen LogP contribution is 2.33. The van der Waals surface area contributed by atoms with Gasteiger partial charge >= 0.3 is 0 Å². The molecule has 2 rings (SSSR count). The fourth-order valence-corrected chi connectivity index (χ4v) is 4.92. The van der Waals surface area contributed by atoms with Crippen LogP contribution in [0, 0.1) is 5.92 Å². The zero-order valence-corrected chi connectivity index (χ0v) is 15.6. The first kappa shape index (κ1) is 17.1. The van der Waals surface area contributed by atoms with Crippen LogP contribution in [0.4, 0.5) is 5.13 Å². The van der Waals surface area contributed by atoms with E-state index in [0.717, 1.165) is 26.1 Å². The van der Waals surface area contributed by atoms with E-state index in [4.69, 9.17) is 4.98 Å². The second-order valence-electron chi connectivity index (χ2n) is 6.25. The Morgan fingerprint density at radius 2 is 2.14 bits per heavy atom. The van der Waals surface area contributed by atoms with Crippen LogP contribution in [-0.2, 0) is 13.0 Å². The van der Waals surface area contributed by atoms with E-state index in [1.807, 2.05) is 11.3 Å². The third-order valence-corrected chi connectivity index (χ3v) is 6.54. The number of nitrogens with one attached hydrogen (secondary N) is 1. The predicted octanol–water partition coefficient (Wildman–Crippen LogP) is 3.78. The molecule has 1 fully saturated rings. The largest absolute Gasteiger partial charge is 0.343 e. The normalized spacial score (nSPS) is 23.0. The van der Waals surface area contributed by atoms with E-state index >= 15 is 0 Å². The van der Waals surface area contributed by atoms with Gasteiger partial charge in [0.2, 0.25) is 0 Å². The summed E-state index contributed by atoms with van der Waals surface area (Å²) < 4.78 is 0. The molecular weight excluding hydrogens is 298 g/mol. The summed E-state index contributed by atoms with van der Waals surface area (Å²) in [6.45, 7) is 14.5. The molecule has 3 nitrogen and oxygen atoms in total. The van der Waals surface area contributed by atoms with E-state index in [0.29, 0.717) is 17.2 Å². The molecule has 2 heterocycles. The van der Waals surface area contributed by atoms with Gasteiger partial charge in [-0.2, -0.15) is 11.8 Å². The second-order valence-corrected chi connectivity index (χ2v) is 8.80. The van der Waals surface area contributed by atoms with Crippen molar-refractivity contribution in [3.8, 4) is 0 Å². The summed E-state index contributed by atoms with van der Waals surface area (Å²) in [7, 11) is 0. The van der Waals surface area contributed by atoms with Crippen LogP contribution in [0.15, 0.2) is 0 Å². The number of hydrogen-bond acceptors (Lipinski definition) is 5. The molecule has 1 N–H and O–H groups in total. The maximum absolute atomic E-state index is 4.93. The van der Waals surface area contributed by atoms with Gasteiger partial charge in [-0.15, -0.1) is 11.3 Å². The minimum atomic E-state index is 0.580. The second kappa shape index (κ2) is 7.84. The SMILES string of the molecule is CCc1nc(N2CCSC(C)C2C)sc1CNCC(C)C. The molecule has 2 unspecified atom stereocenters. The van der Waals surface area contributed by atoms with Crippen LogP contribution in [-0.4, -0.2) is 35.1 Å². The standard InChI is InChI=1S/C16H29N3S2/c1-6-14-15(10-17-9-11(2)3)21-16(18-14)19-7-8-20-13(5)12(19)4/h11-13,17H,6-10H2,1-5H3. The zero-order chi connectivity index (χ0) is 15.4. The van der Waals surface area contributed by atoms with Crippen LogP contribution in [0.3, 0.4) is 0 Å². The first-order valence-electron chi connectivity index (χ1n) is 8.10. The van der Waals surface area contributed by atoms with Gasteiger partial charge in [0, 0.05) is 35.0 Å². The van der Waals surface area contributed by atoms with E-state index in [2.05, 4.69) is 56.6 Å². The maximum atomic E-state index is 4.93. The summed E-state index contributed by atoms with van der Waals surface area (Å²) in [6, 6.07) is 0.580. The summed E-state index contributed by atoms with van der Waals surface area (Å²) in [5.41, 5.74) is 1.28. The summed E-state index contributed by atoms with van der Waals surface area (Å²) >= 11 is 3.97. The van der Waals surface area contributed by atoms with Crippen LogP contribution >= 0.6 is 23.1 Å². The van der Waals surface area contributed by atoms with Crippen LogP contribution in [0.2, 0.25) is 0 Å². The monoisotopic (exact) mass is 327 g/mol. The molecule has 1 saturated heterocycles. The lowest BCUT2D eigenvalue weighted by molar-refractivity contribution is 0.553. The third-order valence-electron chi connectivity index (χ3n) is 4.07. The average molecular weight is 328 g/mol. The smallest absolute Gasteiger partial charge is 0.186 e. The van der Waals surface area contributed by atoms with Gasteiger partial charge in [-0.1, -0.05) is 27.7 Å². The Bertz CT molecular complexity index is 445. The highest BCUT2D eigenvalue weighted by atomic mass is 32.2. The van der Waals surface area contributed by atoms with Gasteiger partial charge in [0.05, 0.1) is 5.69 Å². The molecule has 120 valence electrons. The van der Waals surface area contributed by atoms with Crippen molar-refractivity contribution < 1.29 is 0 Å². The topological polar surface area (TPSA) is 28.2 Å². The Kier molecular flexibility index (Phi) is 6.38. The number of aromatic nitrogens is 1. The molecule has 0 spiro atoms. The number of thioether (sulfide) groups is 1. The Hall–Kier alpha value is -0.260. The van der Waals surface area contributed by atoms with Crippen molar-refractivity contribution in [2.75, 3.05) is 23.7 Å². The van der Waals surface area contributed by atoms with Crippen LogP contribution in [0.25, 0.3) is 0 Å². The number of hydrogen-bond donors (Lipinski definition) is 1. The number of thiazole rings is 1. The van der Waals surface area contributed by atoms with Gasteiger partial charge in [0.1, 0.15) is 0 Å². The number of rotatable bonds is 6. The summed E-state index contributed by atoms with van der Waals surface area (Å²) in [4.78, 5) is 8.86. The minimum Gasteiger partial charge on any atom is -0.343 e. The molecule has 1 aliphatic heterocycles. The molecular formula is C16H29N3S2. The zero-order valence-electron chi connectivity index (χ0n) is 14.0. The van der Waals surface area contributed by atoms with Gasteiger partial charge in [-0.25, -0.2) is 4.98 Å². The molecule has 2 atom stereocenters. The van der Waals surface area contributed by atoms with Crippen LogP contribution in [0.1, 0.15) is 45.2 Å². The number of nitrogens with zero attached hydrogens (tertiary/aromatic N) is 2. The quantitative estimate of drug-likeness (QED) is 0.860. The lowest BCUT2D eigenvalue weighted by Crippen LogP contribution is -2.44. The summed E-state index contributed by atoms with van der Waals surface area (Å²) in [6.07, 6.45) is 1.03. The van der Waals surface area contributed by atoms with Crippen molar-refractivity contribution in [1.29, 1.82) is 0 Å². The Morgan fingerprint density at radius 1 is 1.38 bits per heavy atom. The molecule has 1 aromatic rings. The summed E-state index contributed by atoms with van der Waals surface area (Å²) in [5.74, 6) is 1.91. The first-order chi connectivity index (χ1) is 10.0. The van der Waals surface area contributed by atoms with E-state index in [1.165, 1.54) is 21.5 Å². The highest BCUT2D eigenvalue weighted by molar-refractivity contribution is 8.00. The lowest BCUT2D eigenvalue weighted by atomic mass is 10.2. The van der Waals surface area contributed by atoms with Crippen molar-refractivity contribution in [3.05, 3.63) is 10.6 Å². The van der Waals surface area contributed by atoms with Crippen molar-refractivity contribution >= 4 is 28.2 Å². The van der Waals surface area contributed by atoms with E-state index in [-0.39, 0.29) is 0 Å². The number of aryl methyl sites for hydroxylation is 1. The first-order valence-corrected chi connectivity index (χ1v) is 9.97. The van der Waals surface area contributed by atoms with Crippen molar-refractivity contribution in [2.24, 2.45) is 5.92 Å². The van der Waals surface area contributed by atoms with Crippen molar-refractivity contribution in [2.45, 2.75) is 58.9 Å². The third kappa shape index (κ3) is 4.36. The molecule has 21 heavy (non-hydrogen) atoms. The fraction of sp³-hybridized carbons (Fsp3) is 0.812. The molecule has 0 aliphatic carbocycles. The predicted molar refractivity (Wildman–Crippen MR) is 96.8 cm³/mol. The van der Waals surface area contributed by atoms with Gasteiger partial charge in [-0.05, 0) is 25.8 Å². The van der Waals surface area contributed by atoms with E-state index in [9.17, 15) is 0 Å². The Labute approximate surface area is 137 Å². The van der Waals surface area contributed by atoms with Crippen LogP contribution in [0.5, 0.6) is 0 Å². The van der Waals surface area contributed by atoms with Crippen molar-refractivity contribution in [1.82, 2.24) is 10.3 Å². The summed E-state index contributed by atoms with van der Waals surface area (Å²) in [5, 5.41) is 5.48. The molecule has 0 amide bonds. The molecule has 0 aromatic carbocycles. The molecule has 0 radical (unpaired) electrons. The maximum Gasteiger partial charge on any atom is 0.186 e. The Morgan fingerprint density at radius 3 is 2.81 bits per heavy atom.